The Balaban J connectivity index is 0.00000256. The molecule has 0 aliphatic carbocycles. The highest BCUT2D eigenvalue weighted by Crippen LogP contribution is 2.32. The fourth-order valence-corrected chi connectivity index (χ4v) is 3.85. The Kier molecular flexibility index (Phi) is 8.26. The third-order valence-corrected chi connectivity index (χ3v) is 5.37. The fraction of sp³-hybridized carbons (Fsp3) is 0.500. The van der Waals surface area contributed by atoms with Crippen LogP contribution in [0.5, 0.6) is 11.5 Å². The van der Waals surface area contributed by atoms with E-state index in [9.17, 15) is 0 Å². The molecule has 1 aromatic heterocycles. The summed E-state index contributed by atoms with van der Waals surface area (Å²) in [4.78, 5) is 6.86. The van der Waals surface area contributed by atoms with Gasteiger partial charge in [0.1, 0.15) is 11.5 Å². The molecule has 0 saturated carbocycles. The standard InChI is InChI=1S/C22H30N4O3.HI/c1-16-6-8-19(29-16)18(26-10-3-4-11-26)15-24-22(23-2)25-17-7-9-20-21(14-17)28-13-5-12-27-20;/h6-9,14,18H,3-5,10-13,15H2,1-2H3,(H2,23,24,25);1H. The van der Waals surface area contributed by atoms with Crippen LogP contribution in [0.2, 0.25) is 0 Å². The monoisotopic (exact) mass is 526 g/mol. The summed E-state index contributed by atoms with van der Waals surface area (Å²) < 4.78 is 17.4. The van der Waals surface area contributed by atoms with Crippen LogP contribution in [0.15, 0.2) is 39.7 Å². The number of benzene rings is 1. The molecular weight excluding hydrogens is 495 g/mol. The number of ether oxygens (including phenoxy) is 2. The van der Waals surface area contributed by atoms with Crippen molar-refractivity contribution in [1.82, 2.24) is 10.2 Å². The number of aryl methyl sites for hydroxylation is 1. The predicted octanol–water partition coefficient (Wildman–Crippen LogP) is 4.19. The first-order chi connectivity index (χ1) is 14.2. The van der Waals surface area contributed by atoms with Crippen molar-refractivity contribution >= 4 is 35.6 Å². The zero-order valence-electron chi connectivity index (χ0n) is 17.6. The van der Waals surface area contributed by atoms with Crippen LogP contribution in [-0.4, -0.2) is 50.8 Å². The molecule has 1 unspecified atom stereocenters. The highest BCUT2D eigenvalue weighted by atomic mass is 127. The molecule has 2 N–H and O–H groups in total. The number of aliphatic imine (C=N–C) groups is 1. The molecule has 7 nitrogen and oxygen atoms in total. The zero-order chi connectivity index (χ0) is 20.1. The summed E-state index contributed by atoms with van der Waals surface area (Å²) >= 11 is 0. The van der Waals surface area contributed by atoms with E-state index in [-0.39, 0.29) is 30.0 Å². The van der Waals surface area contributed by atoms with Gasteiger partial charge in [-0.05, 0) is 57.1 Å². The molecule has 1 aromatic carbocycles. The third-order valence-electron chi connectivity index (χ3n) is 5.37. The van der Waals surface area contributed by atoms with Gasteiger partial charge in [-0.15, -0.1) is 24.0 Å². The Bertz CT molecular complexity index is 849. The lowest BCUT2D eigenvalue weighted by atomic mass is 10.2. The van der Waals surface area contributed by atoms with E-state index < -0.39 is 0 Å². The van der Waals surface area contributed by atoms with Gasteiger partial charge in [-0.2, -0.15) is 0 Å². The van der Waals surface area contributed by atoms with Gasteiger partial charge >= 0.3 is 0 Å². The van der Waals surface area contributed by atoms with Crippen LogP contribution in [0, 0.1) is 6.92 Å². The Hall–Kier alpha value is -1.94. The van der Waals surface area contributed by atoms with E-state index >= 15 is 0 Å². The molecule has 1 fully saturated rings. The topological polar surface area (TPSA) is 71.3 Å². The van der Waals surface area contributed by atoms with Gasteiger partial charge < -0.3 is 24.5 Å². The lowest BCUT2D eigenvalue weighted by molar-refractivity contribution is 0.214. The quantitative estimate of drug-likeness (QED) is 0.346. The number of anilines is 1. The average Bonchev–Trinajstić information content (AvgIpc) is 3.35. The van der Waals surface area contributed by atoms with Crippen molar-refractivity contribution < 1.29 is 13.9 Å². The van der Waals surface area contributed by atoms with Crippen LogP contribution >= 0.6 is 24.0 Å². The Labute approximate surface area is 195 Å². The molecule has 2 aliphatic rings. The van der Waals surface area contributed by atoms with Gasteiger partial charge in [0, 0.05) is 31.8 Å². The number of furan rings is 1. The van der Waals surface area contributed by atoms with Gasteiger partial charge in [-0.25, -0.2) is 0 Å². The van der Waals surface area contributed by atoms with Crippen molar-refractivity contribution in [1.29, 1.82) is 0 Å². The molecule has 1 saturated heterocycles. The number of guanidine groups is 1. The molecule has 2 aromatic rings. The molecule has 0 spiro atoms. The van der Waals surface area contributed by atoms with E-state index in [1.54, 1.807) is 7.05 Å². The lowest BCUT2D eigenvalue weighted by Crippen LogP contribution is -2.39. The third kappa shape index (κ3) is 5.60. The molecule has 4 rings (SSSR count). The molecular formula is C22H31IN4O3. The van der Waals surface area contributed by atoms with Gasteiger partial charge in [-0.1, -0.05) is 0 Å². The SMILES string of the molecule is CN=C(NCC(c1ccc(C)o1)N1CCCC1)Nc1ccc2c(c1)OCCCO2.I. The molecule has 164 valence electrons. The second-order valence-corrected chi connectivity index (χ2v) is 7.50. The van der Waals surface area contributed by atoms with Crippen molar-refractivity contribution in [3.05, 3.63) is 41.9 Å². The molecule has 2 aliphatic heterocycles. The van der Waals surface area contributed by atoms with Gasteiger partial charge in [0.2, 0.25) is 0 Å². The zero-order valence-corrected chi connectivity index (χ0v) is 20.0. The number of rotatable bonds is 5. The number of hydrogen-bond acceptors (Lipinski definition) is 5. The minimum atomic E-state index is 0. The van der Waals surface area contributed by atoms with Crippen molar-refractivity contribution in [2.75, 3.05) is 45.2 Å². The van der Waals surface area contributed by atoms with Crippen LogP contribution in [-0.2, 0) is 0 Å². The Morgan fingerprint density at radius 1 is 1.07 bits per heavy atom. The summed E-state index contributed by atoms with van der Waals surface area (Å²) in [6.45, 7) is 6.26. The first-order valence-corrected chi connectivity index (χ1v) is 10.4. The van der Waals surface area contributed by atoms with E-state index in [2.05, 4.69) is 26.6 Å². The van der Waals surface area contributed by atoms with E-state index in [1.165, 1.54) is 12.8 Å². The molecule has 0 amide bonds. The smallest absolute Gasteiger partial charge is 0.195 e. The number of nitrogens with one attached hydrogen (secondary N) is 2. The molecule has 30 heavy (non-hydrogen) atoms. The number of nitrogens with zero attached hydrogens (tertiary/aromatic N) is 2. The highest BCUT2D eigenvalue weighted by molar-refractivity contribution is 14.0. The summed E-state index contributed by atoms with van der Waals surface area (Å²) in [6, 6.07) is 10.2. The van der Waals surface area contributed by atoms with Crippen molar-refractivity contribution in [3.63, 3.8) is 0 Å². The Morgan fingerprint density at radius 2 is 1.83 bits per heavy atom. The molecule has 8 heteroatoms. The molecule has 3 heterocycles. The molecule has 0 bridgehead atoms. The number of likely N-dealkylation sites (tertiary alicyclic amines) is 1. The summed E-state index contributed by atoms with van der Waals surface area (Å²) in [6.07, 6.45) is 3.37. The van der Waals surface area contributed by atoms with Crippen LogP contribution in [0.1, 0.15) is 36.8 Å². The summed E-state index contributed by atoms with van der Waals surface area (Å²) in [5, 5.41) is 6.82. The van der Waals surface area contributed by atoms with E-state index in [4.69, 9.17) is 13.9 Å². The number of halogens is 1. The van der Waals surface area contributed by atoms with E-state index in [0.29, 0.717) is 19.2 Å². The van der Waals surface area contributed by atoms with Crippen molar-refractivity contribution in [2.45, 2.75) is 32.2 Å². The minimum Gasteiger partial charge on any atom is -0.490 e. The maximum atomic E-state index is 5.94. The van der Waals surface area contributed by atoms with E-state index in [0.717, 1.165) is 54.8 Å². The van der Waals surface area contributed by atoms with Gasteiger partial charge in [0.05, 0.1) is 19.3 Å². The normalized spacial score (nSPS) is 17.7. The maximum Gasteiger partial charge on any atom is 0.195 e. The van der Waals surface area contributed by atoms with Gasteiger partial charge in [-0.3, -0.25) is 9.89 Å². The van der Waals surface area contributed by atoms with Gasteiger partial charge in [0.15, 0.2) is 17.5 Å². The predicted molar refractivity (Wildman–Crippen MR) is 129 cm³/mol. The number of hydrogen-bond donors (Lipinski definition) is 2. The number of fused-ring (bicyclic) bond motifs is 1. The molecule has 1 atom stereocenters. The minimum absolute atomic E-state index is 0. The maximum absolute atomic E-state index is 5.94. The van der Waals surface area contributed by atoms with Crippen molar-refractivity contribution in [2.24, 2.45) is 4.99 Å². The van der Waals surface area contributed by atoms with Crippen LogP contribution in [0.25, 0.3) is 0 Å². The van der Waals surface area contributed by atoms with Gasteiger partial charge in [0.25, 0.3) is 0 Å². The Morgan fingerprint density at radius 3 is 2.53 bits per heavy atom. The van der Waals surface area contributed by atoms with Crippen LogP contribution in [0.4, 0.5) is 5.69 Å². The highest BCUT2D eigenvalue weighted by Gasteiger charge is 2.26. The van der Waals surface area contributed by atoms with E-state index in [1.807, 2.05) is 31.2 Å². The van der Waals surface area contributed by atoms with Crippen molar-refractivity contribution in [3.8, 4) is 11.5 Å². The summed E-state index contributed by atoms with van der Waals surface area (Å²) in [5.41, 5.74) is 0.911. The molecule has 0 radical (unpaired) electrons. The van der Waals surface area contributed by atoms with Crippen LogP contribution < -0.4 is 20.1 Å². The second kappa shape index (κ2) is 10.9. The summed E-state index contributed by atoms with van der Waals surface area (Å²) in [5.74, 6) is 4.22. The average molecular weight is 526 g/mol. The first kappa shape index (κ1) is 22.7. The second-order valence-electron chi connectivity index (χ2n) is 7.50. The summed E-state index contributed by atoms with van der Waals surface area (Å²) in [7, 11) is 1.78. The largest absolute Gasteiger partial charge is 0.490 e. The lowest BCUT2D eigenvalue weighted by Gasteiger charge is -2.26. The first-order valence-electron chi connectivity index (χ1n) is 10.4. The van der Waals surface area contributed by atoms with Crippen LogP contribution in [0.3, 0.4) is 0 Å². The fourth-order valence-electron chi connectivity index (χ4n) is 3.85.